The molecule has 0 heterocycles. The summed E-state index contributed by atoms with van der Waals surface area (Å²) in [5.74, 6) is 0. The van der Waals surface area contributed by atoms with Gasteiger partial charge in [0.15, 0.2) is 0 Å². The average Bonchev–Trinajstić information content (AvgIpc) is 2.07. The molecule has 0 saturated heterocycles. The summed E-state index contributed by atoms with van der Waals surface area (Å²) in [4.78, 5) is 0. The van der Waals surface area contributed by atoms with Crippen molar-refractivity contribution in [2.75, 3.05) is 0 Å². The summed E-state index contributed by atoms with van der Waals surface area (Å²) in [6.07, 6.45) is 5.17. The van der Waals surface area contributed by atoms with Gasteiger partial charge in [0.1, 0.15) is 0 Å². The highest BCUT2D eigenvalue weighted by molar-refractivity contribution is 5.41. The van der Waals surface area contributed by atoms with Crippen LogP contribution in [0, 0.1) is 26.8 Å². The van der Waals surface area contributed by atoms with Crippen LogP contribution in [0.1, 0.15) is 29.2 Å². The lowest BCUT2D eigenvalue weighted by atomic mass is 9.99. The zero-order valence-electron chi connectivity index (χ0n) is 8.23. The lowest BCUT2D eigenvalue weighted by Gasteiger charge is -2.06. The molecule has 0 aliphatic rings. The molecule has 0 N–H and O–H groups in total. The molecule has 0 heteroatoms. The number of rotatable bonds is 1. The van der Waals surface area contributed by atoms with Crippen molar-refractivity contribution in [3.05, 3.63) is 46.5 Å². The summed E-state index contributed by atoms with van der Waals surface area (Å²) in [7, 11) is 0. The summed E-state index contributed by atoms with van der Waals surface area (Å²) in [6, 6.07) is 4.27. The molecule has 12 heavy (non-hydrogen) atoms. The minimum Gasteiger partial charge on any atom is -0.0792 e. The van der Waals surface area contributed by atoms with E-state index in [2.05, 4.69) is 39.0 Å². The Kier molecular flexibility index (Phi) is 2.69. The third-order valence-corrected chi connectivity index (χ3v) is 2.36. The van der Waals surface area contributed by atoms with Crippen molar-refractivity contribution in [3.63, 3.8) is 0 Å². The smallest absolute Gasteiger partial charge is 0.0149 e. The minimum atomic E-state index is 1.21. The second-order valence-electron chi connectivity index (χ2n) is 3.11. The van der Waals surface area contributed by atoms with Crippen molar-refractivity contribution in [1.82, 2.24) is 0 Å². The fourth-order valence-electron chi connectivity index (χ4n) is 1.27. The Balaban J connectivity index is 3.26. The van der Waals surface area contributed by atoms with Gasteiger partial charge in [-0.1, -0.05) is 18.2 Å². The summed E-state index contributed by atoms with van der Waals surface area (Å²) >= 11 is 0. The average molecular weight is 159 g/mol. The molecule has 1 rings (SSSR count). The van der Waals surface area contributed by atoms with Crippen LogP contribution >= 0.6 is 0 Å². The summed E-state index contributed by atoms with van der Waals surface area (Å²) in [5, 5.41) is 0. The van der Waals surface area contributed by atoms with E-state index >= 15 is 0 Å². The predicted molar refractivity (Wildman–Crippen MR) is 53.2 cm³/mol. The van der Waals surface area contributed by atoms with Crippen LogP contribution in [-0.2, 0) is 0 Å². The van der Waals surface area contributed by atoms with E-state index < -0.39 is 0 Å². The Morgan fingerprint density at radius 2 is 1.75 bits per heavy atom. The first-order chi connectivity index (χ1) is 5.66. The van der Waals surface area contributed by atoms with Gasteiger partial charge in [0.25, 0.3) is 0 Å². The van der Waals surface area contributed by atoms with Crippen LogP contribution in [0.15, 0.2) is 18.2 Å². The number of hydrogen-bond acceptors (Lipinski definition) is 0. The lowest BCUT2D eigenvalue weighted by molar-refractivity contribution is 1.24. The van der Waals surface area contributed by atoms with Gasteiger partial charge >= 0.3 is 0 Å². The third kappa shape index (κ3) is 1.58. The standard InChI is InChI=1S/C12H15/c1-5-6-12-8-7-9(2)10(3)11(12)4/h5,7-8H,1-4H3. The summed E-state index contributed by atoms with van der Waals surface area (Å²) in [5.41, 5.74) is 5.28. The quantitative estimate of drug-likeness (QED) is 0.589. The largest absolute Gasteiger partial charge is 0.0792 e. The van der Waals surface area contributed by atoms with Crippen LogP contribution in [0.25, 0.3) is 0 Å². The second-order valence-corrected chi connectivity index (χ2v) is 3.11. The molecule has 0 fully saturated rings. The molecule has 0 aromatic heterocycles. The van der Waals surface area contributed by atoms with E-state index in [1.807, 2.05) is 13.0 Å². The monoisotopic (exact) mass is 159 g/mol. The van der Waals surface area contributed by atoms with Crippen LogP contribution in [0.4, 0.5) is 0 Å². The summed E-state index contributed by atoms with van der Waals surface area (Å²) < 4.78 is 0. The molecule has 0 spiro atoms. The molecule has 0 bridgehead atoms. The van der Waals surface area contributed by atoms with Crippen molar-refractivity contribution in [2.45, 2.75) is 27.7 Å². The predicted octanol–water partition coefficient (Wildman–Crippen LogP) is 3.34. The summed E-state index contributed by atoms with van der Waals surface area (Å²) in [6.45, 7) is 8.44. The van der Waals surface area contributed by atoms with Crippen molar-refractivity contribution in [3.8, 4) is 0 Å². The lowest BCUT2D eigenvalue weighted by Crippen LogP contribution is -1.90. The van der Waals surface area contributed by atoms with Gasteiger partial charge in [-0.2, -0.15) is 0 Å². The highest BCUT2D eigenvalue weighted by Crippen LogP contribution is 2.16. The van der Waals surface area contributed by atoms with E-state index in [0.29, 0.717) is 0 Å². The second kappa shape index (κ2) is 3.57. The minimum absolute atomic E-state index is 1.21. The highest BCUT2D eigenvalue weighted by atomic mass is 14.0. The zero-order chi connectivity index (χ0) is 9.14. The van der Waals surface area contributed by atoms with Gasteiger partial charge in [-0.25, -0.2) is 0 Å². The molecule has 0 unspecified atom stereocenters. The molecule has 1 radical (unpaired) electrons. The SMILES string of the molecule is C/C=[C]/c1ccc(C)c(C)c1C. The molecule has 0 atom stereocenters. The molecule has 63 valence electrons. The van der Waals surface area contributed by atoms with E-state index in [1.165, 1.54) is 22.3 Å². The van der Waals surface area contributed by atoms with Crippen molar-refractivity contribution >= 4 is 0 Å². The Bertz CT molecular complexity index is 306. The van der Waals surface area contributed by atoms with E-state index in [0.717, 1.165) is 0 Å². The molecule has 0 aliphatic carbocycles. The number of aryl methyl sites for hydroxylation is 1. The molecule has 0 amide bonds. The Hall–Kier alpha value is -1.04. The van der Waals surface area contributed by atoms with Gasteiger partial charge in [0, 0.05) is 0 Å². The van der Waals surface area contributed by atoms with Gasteiger partial charge < -0.3 is 0 Å². The van der Waals surface area contributed by atoms with Gasteiger partial charge in [0.05, 0.1) is 0 Å². The van der Waals surface area contributed by atoms with E-state index in [1.54, 1.807) is 0 Å². The molecular formula is C12H15. The fraction of sp³-hybridized carbons (Fsp3) is 0.333. The fourth-order valence-corrected chi connectivity index (χ4v) is 1.27. The Morgan fingerprint density at radius 3 is 2.33 bits per heavy atom. The van der Waals surface area contributed by atoms with Gasteiger partial charge in [-0.15, -0.1) is 0 Å². The van der Waals surface area contributed by atoms with E-state index in [9.17, 15) is 0 Å². The maximum Gasteiger partial charge on any atom is -0.0149 e. The van der Waals surface area contributed by atoms with Crippen LogP contribution in [0.3, 0.4) is 0 Å². The van der Waals surface area contributed by atoms with E-state index in [-0.39, 0.29) is 0 Å². The molecule has 0 aliphatic heterocycles. The maximum atomic E-state index is 3.22. The number of benzene rings is 1. The van der Waals surface area contributed by atoms with E-state index in [4.69, 9.17) is 0 Å². The maximum absolute atomic E-state index is 3.22. The van der Waals surface area contributed by atoms with Crippen molar-refractivity contribution < 1.29 is 0 Å². The highest BCUT2D eigenvalue weighted by Gasteiger charge is 1.99. The number of allylic oxidation sites excluding steroid dienone is 1. The van der Waals surface area contributed by atoms with Crippen LogP contribution in [0.2, 0.25) is 0 Å². The zero-order valence-corrected chi connectivity index (χ0v) is 8.23. The van der Waals surface area contributed by atoms with Crippen LogP contribution in [-0.4, -0.2) is 0 Å². The first kappa shape index (κ1) is 9.05. The van der Waals surface area contributed by atoms with Crippen LogP contribution < -0.4 is 0 Å². The Morgan fingerprint density at radius 1 is 1.08 bits per heavy atom. The van der Waals surface area contributed by atoms with Gasteiger partial charge in [0.2, 0.25) is 0 Å². The topological polar surface area (TPSA) is 0 Å². The molecular weight excluding hydrogens is 144 g/mol. The normalized spacial score (nSPS) is 11.0. The van der Waals surface area contributed by atoms with Gasteiger partial charge in [-0.3, -0.25) is 0 Å². The van der Waals surface area contributed by atoms with Crippen molar-refractivity contribution in [1.29, 1.82) is 0 Å². The van der Waals surface area contributed by atoms with Crippen LogP contribution in [0.5, 0.6) is 0 Å². The molecule has 1 aromatic rings. The molecule has 0 saturated carbocycles. The first-order valence-electron chi connectivity index (χ1n) is 4.28. The Labute approximate surface area is 74.9 Å². The molecule has 1 aromatic carbocycles. The van der Waals surface area contributed by atoms with Crippen molar-refractivity contribution in [2.24, 2.45) is 0 Å². The first-order valence-corrected chi connectivity index (χ1v) is 4.28. The molecule has 0 nitrogen and oxygen atoms in total. The number of hydrogen-bond donors (Lipinski definition) is 0. The third-order valence-electron chi connectivity index (χ3n) is 2.36. The van der Waals surface area contributed by atoms with Gasteiger partial charge in [-0.05, 0) is 56.0 Å².